The zero-order valence-corrected chi connectivity index (χ0v) is 21.8. The van der Waals surface area contributed by atoms with Crippen LogP contribution in [0.5, 0.6) is 0 Å². The van der Waals surface area contributed by atoms with Gasteiger partial charge in [-0.2, -0.15) is 0 Å². The molecule has 40 heavy (non-hydrogen) atoms. The summed E-state index contributed by atoms with van der Waals surface area (Å²) in [5, 5.41) is 7.20. The lowest BCUT2D eigenvalue weighted by molar-refractivity contribution is 1.31. The van der Waals surface area contributed by atoms with Crippen molar-refractivity contribution in [3.05, 3.63) is 146 Å². The van der Waals surface area contributed by atoms with Gasteiger partial charge in [0.15, 0.2) is 0 Å². The minimum Gasteiger partial charge on any atom is -0.252 e. The summed E-state index contributed by atoms with van der Waals surface area (Å²) in [6.07, 6.45) is 3.56. The van der Waals surface area contributed by atoms with E-state index in [1.165, 1.54) is 54.9 Å². The highest BCUT2D eigenvalue weighted by Gasteiger charge is 2.12. The minimum atomic E-state index is 0.942. The maximum absolute atomic E-state index is 4.76. The van der Waals surface area contributed by atoms with E-state index in [2.05, 4.69) is 133 Å². The van der Waals surface area contributed by atoms with Gasteiger partial charge in [0.05, 0.1) is 11.0 Å². The van der Waals surface area contributed by atoms with E-state index in [4.69, 9.17) is 9.97 Å². The molecule has 0 spiro atoms. The van der Waals surface area contributed by atoms with Gasteiger partial charge in [-0.05, 0) is 73.1 Å². The second kappa shape index (κ2) is 9.14. The van der Waals surface area contributed by atoms with Gasteiger partial charge in [0.1, 0.15) is 0 Å². The molecular weight excluding hydrogens is 484 g/mol. The minimum absolute atomic E-state index is 0.942. The molecule has 8 aromatic rings. The van der Waals surface area contributed by atoms with E-state index in [1.807, 2.05) is 0 Å². The van der Waals surface area contributed by atoms with Crippen LogP contribution in [0.3, 0.4) is 0 Å². The van der Waals surface area contributed by atoms with Crippen molar-refractivity contribution < 1.29 is 0 Å². The van der Waals surface area contributed by atoms with Crippen LogP contribution < -0.4 is 0 Å². The van der Waals surface area contributed by atoms with Crippen LogP contribution in [0.1, 0.15) is 0 Å². The predicted octanol–water partition coefficient (Wildman–Crippen LogP) is 10.1. The van der Waals surface area contributed by atoms with E-state index in [-0.39, 0.29) is 0 Å². The number of benzene rings is 7. The number of hydrogen-bond donors (Lipinski definition) is 0. The molecule has 0 aliphatic heterocycles. The van der Waals surface area contributed by atoms with Gasteiger partial charge >= 0.3 is 0 Å². The zero-order valence-electron chi connectivity index (χ0n) is 21.8. The van der Waals surface area contributed by atoms with Crippen molar-refractivity contribution in [1.29, 1.82) is 0 Å². The Bertz CT molecular complexity index is 2190. The fourth-order valence-corrected chi connectivity index (χ4v) is 6.03. The highest BCUT2D eigenvalue weighted by molar-refractivity contribution is 6.23. The van der Waals surface area contributed by atoms with Crippen molar-refractivity contribution >= 4 is 43.4 Å². The van der Waals surface area contributed by atoms with E-state index in [1.54, 1.807) is 12.4 Å². The summed E-state index contributed by atoms with van der Waals surface area (Å²) in [4.78, 5) is 9.46. The van der Waals surface area contributed by atoms with Crippen molar-refractivity contribution in [3.8, 4) is 33.4 Å². The van der Waals surface area contributed by atoms with Crippen LogP contribution in [0.2, 0.25) is 0 Å². The molecule has 7 aromatic carbocycles. The lowest BCUT2D eigenvalue weighted by atomic mass is 9.93. The Kier molecular flexibility index (Phi) is 5.17. The Labute approximate surface area is 232 Å². The Hall–Kier alpha value is -5.34. The van der Waals surface area contributed by atoms with Gasteiger partial charge in [-0.3, -0.25) is 9.97 Å². The largest absolute Gasteiger partial charge is 0.252 e. The molecular formula is C38H24N2. The topological polar surface area (TPSA) is 25.8 Å². The highest BCUT2D eigenvalue weighted by Crippen LogP contribution is 2.37. The quantitative estimate of drug-likeness (QED) is 0.222. The van der Waals surface area contributed by atoms with Crippen LogP contribution in [0.15, 0.2) is 146 Å². The molecule has 0 saturated carbocycles. The van der Waals surface area contributed by atoms with E-state index in [0.717, 1.165) is 21.8 Å². The number of hydrogen-bond acceptors (Lipinski definition) is 2. The summed E-state index contributed by atoms with van der Waals surface area (Å²) in [5.41, 5.74) is 9.12. The SMILES string of the molecule is c1cc(-c2cccc(-c3cccc4ccccc34)c2)cc(-c2ccc3c4ccccc4c4nccnc4c3c2)c1. The fraction of sp³-hybridized carbons (Fsp3) is 0. The average molecular weight is 509 g/mol. The molecule has 2 heteroatoms. The maximum atomic E-state index is 4.76. The molecule has 8 rings (SSSR count). The fourth-order valence-electron chi connectivity index (χ4n) is 6.03. The van der Waals surface area contributed by atoms with Crippen molar-refractivity contribution in [2.24, 2.45) is 0 Å². The van der Waals surface area contributed by atoms with Crippen molar-refractivity contribution in [2.45, 2.75) is 0 Å². The third-order valence-electron chi connectivity index (χ3n) is 7.94. The molecule has 1 heterocycles. The van der Waals surface area contributed by atoms with E-state index >= 15 is 0 Å². The summed E-state index contributed by atoms with van der Waals surface area (Å²) in [7, 11) is 0. The molecule has 2 nitrogen and oxygen atoms in total. The molecule has 0 amide bonds. The molecule has 0 N–H and O–H groups in total. The lowest BCUT2D eigenvalue weighted by Crippen LogP contribution is -1.89. The normalized spacial score (nSPS) is 11.5. The van der Waals surface area contributed by atoms with Crippen molar-refractivity contribution in [2.75, 3.05) is 0 Å². The smallest absolute Gasteiger partial charge is 0.0971 e. The van der Waals surface area contributed by atoms with Gasteiger partial charge in [0, 0.05) is 23.2 Å². The molecule has 0 unspecified atom stereocenters. The van der Waals surface area contributed by atoms with Crippen molar-refractivity contribution in [1.82, 2.24) is 9.97 Å². The average Bonchev–Trinajstić information content (AvgIpc) is 3.04. The van der Waals surface area contributed by atoms with E-state index in [9.17, 15) is 0 Å². The first-order valence-corrected chi connectivity index (χ1v) is 13.6. The lowest BCUT2D eigenvalue weighted by Gasteiger charge is -2.12. The first kappa shape index (κ1) is 22.6. The molecule has 186 valence electrons. The summed E-state index contributed by atoms with van der Waals surface area (Å²) in [6, 6.07) is 48.0. The van der Waals surface area contributed by atoms with Gasteiger partial charge in [-0.1, -0.05) is 115 Å². The summed E-state index contributed by atoms with van der Waals surface area (Å²) in [5.74, 6) is 0. The number of aromatic nitrogens is 2. The summed E-state index contributed by atoms with van der Waals surface area (Å²) >= 11 is 0. The number of fused-ring (bicyclic) bond motifs is 7. The van der Waals surface area contributed by atoms with Gasteiger partial charge in [-0.15, -0.1) is 0 Å². The third kappa shape index (κ3) is 3.65. The highest BCUT2D eigenvalue weighted by atomic mass is 14.8. The maximum Gasteiger partial charge on any atom is 0.0971 e. The van der Waals surface area contributed by atoms with Gasteiger partial charge < -0.3 is 0 Å². The predicted molar refractivity (Wildman–Crippen MR) is 168 cm³/mol. The van der Waals surface area contributed by atoms with E-state index in [0.29, 0.717) is 0 Å². The molecule has 0 bridgehead atoms. The molecule has 0 radical (unpaired) electrons. The van der Waals surface area contributed by atoms with Crippen LogP contribution in [-0.2, 0) is 0 Å². The first-order valence-electron chi connectivity index (χ1n) is 13.6. The monoisotopic (exact) mass is 508 g/mol. The number of nitrogens with zero attached hydrogens (tertiary/aromatic N) is 2. The standard InChI is InChI=1S/C38H24N2/c1-2-14-31-25(8-1)9-7-17-32(31)30-13-6-12-28(23-30)26-10-5-11-27(22-26)29-18-19-34-33-15-3-4-16-35(33)37-38(36(34)24-29)40-21-20-39-37/h1-24H. The molecule has 0 aliphatic rings. The second-order valence-corrected chi connectivity index (χ2v) is 10.2. The van der Waals surface area contributed by atoms with Gasteiger partial charge in [0.2, 0.25) is 0 Å². The molecule has 0 fully saturated rings. The zero-order chi connectivity index (χ0) is 26.5. The van der Waals surface area contributed by atoms with Crippen molar-refractivity contribution in [3.63, 3.8) is 0 Å². The molecule has 0 saturated heterocycles. The van der Waals surface area contributed by atoms with Crippen LogP contribution in [0, 0.1) is 0 Å². The Morgan fingerprint density at radius 3 is 1.62 bits per heavy atom. The van der Waals surface area contributed by atoms with Crippen LogP contribution in [0.25, 0.3) is 76.7 Å². The first-order chi connectivity index (χ1) is 19.8. The van der Waals surface area contributed by atoms with Gasteiger partial charge in [0.25, 0.3) is 0 Å². The van der Waals surface area contributed by atoms with Crippen LogP contribution in [-0.4, -0.2) is 9.97 Å². The molecule has 0 aliphatic carbocycles. The number of rotatable bonds is 3. The molecule has 1 aromatic heterocycles. The second-order valence-electron chi connectivity index (χ2n) is 10.2. The Balaban J connectivity index is 1.26. The molecule has 0 atom stereocenters. The Morgan fingerprint density at radius 2 is 0.850 bits per heavy atom. The summed E-state index contributed by atoms with van der Waals surface area (Å²) in [6.45, 7) is 0. The van der Waals surface area contributed by atoms with Crippen LogP contribution >= 0.6 is 0 Å². The third-order valence-corrected chi connectivity index (χ3v) is 7.94. The van der Waals surface area contributed by atoms with E-state index < -0.39 is 0 Å². The van der Waals surface area contributed by atoms with Gasteiger partial charge in [-0.25, -0.2) is 0 Å². The van der Waals surface area contributed by atoms with Crippen LogP contribution in [0.4, 0.5) is 0 Å². The summed E-state index contributed by atoms with van der Waals surface area (Å²) < 4.78 is 0. The Morgan fingerprint density at radius 1 is 0.325 bits per heavy atom.